The van der Waals surface area contributed by atoms with Crippen LogP contribution in [0.15, 0.2) is 18.2 Å². The topological polar surface area (TPSA) is 53.6 Å². The molecule has 0 radical (unpaired) electrons. The van der Waals surface area contributed by atoms with Crippen molar-refractivity contribution in [1.29, 1.82) is 0 Å². The number of hydrogen-bond acceptors (Lipinski definition) is 4. The molecule has 2 atom stereocenters. The average molecular weight is 398 g/mol. The Morgan fingerprint density at radius 2 is 2.04 bits per heavy atom. The van der Waals surface area contributed by atoms with Gasteiger partial charge in [-0.15, -0.1) is 0 Å². The highest BCUT2D eigenvalue weighted by Crippen LogP contribution is 2.23. The smallest absolute Gasteiger partial charge is 0.337 e. The zero-order valence-corrected chi connectivity index (χ0v) is 17.3. The van der Waals surface area contributed by atoms with E-state index in [1.165, 1.54) is 26.6 Å². The van der Waals surface area contributed by atoms with Gasteiger partial charge in [0.15, 0.2) is 5.11 Å². The molecule has 7 heteroatoms. The number of halogens is 1. The van der Waals surface area contributed by atoms with Gasteiger partial charge in [-0.3, -0.25) is 0 Å². The highest BCUT2D eigenvalue weighted by molar-refractivity contribution is 7.80. The molecule has 0 aliphatic carbocycles. The van der Waals surface area contributed by atoms with Crippen LogP contribution in [0.25, 0.3) is 0 Å². The fourth-order valence-electron chi connectivity index (χ4n) is 3.51. The highest BCUT2D eigenvalue weighted by Gasteiger charge is 2.21. The van der Waals surface area contributed by atoms with Gasteiger partial charge >= 0.3 is 5.97 Å². The maximum atomic E-state index is 11.6. The van der Waals surface area contributed by atoms with E-state index in [0.717, 1.165) is 31.3 Å². The number of benzene rings is 1. The first-order chi connectivity index (χ1) is 12.4. The van der Waals surface area contributed by atoms with Gasteiger partial charge in [-0.25, -0.2) is 4.79 Å². The molecule has 1 aromatic rings. The molecule has 1 fully saturated rings. The van der Waals surface area contributed by atoms with E-state index in [1.807, 2.05) is 0 Å². The van der Waals surface area contributed by atoms with E-state index in [1.54, 1.807) is 18.2 Å². The Morgan fingerprint density at radius 1 is 1.35 bits per heavy atom. The summed E-state index contributed by atoms with van der Waals surface area (Å²) in [5.74, 6) is 1.14. The number of carbonyl (C=O) groups is 1. The number of methoxy groups -OCH3 is 1. The summed E-state index contributed by atoms with van der Waals surface area (Å²) in [7, 11) is 1.35. The number of thiocarbonyl (C=S) groups is 1. The molecular formula is C19H28ClN3O2S. The summed E-state index contributed by atoms with van der Waals surface area (Å²) < 4.78 is 4.73. The van der Waals surface area contributed by atoms with Gasteiger partial charge < -0.3 is 20.3 Å². The molecule has 5 nitrogen and oxygen atoms in total. The first-order valence-electron chi connectivity index (χ1n) is 9.04. The Balaban J connectivity index is 1.76. The van der Waals surface area contributed by atoms with Crippen LogP contribution in [-0.4, -0.2) is 49.3 Å². The summed E-state index contributed by atoms with van der Waals surface area (Å²) in [5.41, 5.74) is 1.02. The molecule has 0 saturated carbocycles. The zero-order chi connectivity index (χ0) is 19.1. The first kappa shape index (κ1) is 20.9. The van der Waals surface area contributed by atoms with E-state index >= 15 is 0 Å². The van der Waals surface area contributed by atoms with Crippen molar-refractivity contribution < 1.29 is 9.53 Å². The quantitative estimate of drug-likeness (QED) is 0.433. The van der Waals surface area contributed by atoms with Gasteiger partial charge in [0.05, 0.1) is 23.4 Å². The van der Waals surface area contributed by atoms with Crippen molar-refractivity contribution >= 4 is 40.6 Å². The molecule has 2 N–H and O–H groups in total. The molecule has 0 amide bonds. The molecule has 2 rings (SSSR count). The Hall–Kier alpha value is -1.37. The predicted octanol–water partition coefficient (Wildman–Crippen LogP) is 3.78. The van der Waals surface area contributed by atoms with Crippen LogP contribution in [-0.2, 0) is 4.74 Å². The van der Waals surface area contributed by atoms with Gasteiger partial charge in [0.1, 0.15) is 0 Å². The number of hydrogen-bond donors (Lipinski definition) is 2. The van der Waals surface area contributed by atoms with Gasteiger partial charge in [0.25, 0.3) is 0 Å². The van der Waals surface area contributed by atoms with E-state index in [0.29, 0.717) is 21.4 Å². The van der Waals surface area contributed by atoms with Crippen LogP contribution in [0.2, 0.25) is 5.02 Å². The molecule has 1 heterocycles. The number of ether oxygens (including phenoxy) is 1. The molecule has 1 aromatic carbocycles. The van der Waals surface area contributed by atoms with Gasteiger partial charge in [-0.05, 0) is 61.6 Å². The molecule has 144 valence electrons. The number of nitrogens with zero attached hydrogens (tertiary/aromatic N) is 1. The van der Waals surface area contributed by atoms with E-state index in [2.05, 4.69) is 29.4 Å². The Morgan fingerprint density at radius 3 is 2.69 bits per heavy atom. The zero-order valence-electron chi connectivity index (χ0n) is 15.7. The third kappa shape index (κ3) is 6.41. The summed E-state index contributed by atoms with van der Waals surface area (Å²) >= 11 is 11.5. The number of carbonyl (C=O) groups excluding carboxylic acids is 1. The van der Waals surface area contributed by atoms with Gasteiger partial charge in [0, 0.05) is 19.6 Å². The van der Waals surface area contributed by atoms with Crippen molar-refractivity contribution in [1.82, 2.24) is 10.2 Å². The number of anilines is 1. The van der Waals surface area contributed by atoms with Crippen LogP contribution in [0, 0.1) is 11.8 Å². The second kappa shape index (κ2) is 10.1. The molecule has 0 spiro atoms. The predicted molar refractivity (Wildman–Crippen MR) is 111 cm³/mol. The van der Waals surface area contributed by atoms with Crippen molar-refractivity contribution in [3.63, 3.8) is 0 Å². The largest absolute Gasteiger partial charge is 0.465 e. The van der Waals surface area contributed by atoms with Crippen molar-refractivity contribution in [2.75, 3.05) is 38.6 Å². The van der Waals surface area contributed by atoms with E-state index in [9.17, 15) is 4.79 Å². The first-order valence-corrected chi connectivity index (χ1v) is 9.82. The number of esters is 1. The van der Waals surface area contributed by atoms with Crippen molar-refractivity contribution in [3.8, 4) is 0 Å². The molecule has 0 aromatic heterocycles. The Labute approximate surface area is 166 Å². The third-order valence-electron chi connectivity index (χ3n) is 4.52. The van der Waals surface area contributed by atoms with Crippen LogP contribution in [0.1, 0.15) is 37.0 Å². The van der Waals surface area contributed by atoms with E-state index in [-0.39, 0.29) is 0 Å². The number of nitrogens with one attached hydrogen (secondary N) is 2. The second-order valence-electron chi connectivity index (χ2n) is 7.13. The maximum Gasteiger partial charge on any atom is 0.337 e. The summed E-state index contributed by atoms with van der Waals surface area (Å²) in [6.07, 6.45) is 2.35. The minimum absolute atomic E-state index is 0.409. The maximum absolute atomic E-state index is 11.6. The van der Waals surface area contributed by atoms with E-state index in [4.69, 9.17) is 28.6 Å². The standard InChI is InChI=1S/C19H28ClN3O2S/c1-13-9-14(2)12-23(11-13)8-4-7-21-19(26)22-17-10-15(18(24)25-3)5-6-16(17)20/h5-6,10,13-14H,4,7-9,11-12H2,1-3H3,(H2,21,22,26)/t13-,14-/m1/s1. The van der Waals surface area contributed by atoms with Crippen LogP contribution in [0.5, 0.6) is 0 Å². The summed E-state index contributed by atoms with van der Waals surface area (Å²) in [4.78, 5) is 14.2. The minimum Gasteiger partial charge on any atom is -0.465 e. The highest BCUT2D eigenvalue weighted by atomic mass is 35.5. The fraction of sp³-hybridized carbons (Fsp3) is 0.579. The SMILES string of the molecule is COC(=O)c1ccc(Cl)c(NC(=S)NCCCN2C[C@H](C)C[C@@H](C)C2)c1. The monoisotopic (exact) mass is 397 g/mol. The summed E-state index contributed by atoms with van der Waals surface area (Å²) in [6.45, 7) is 8.88. The van der Waals surface area contributed by atoms with Crippen molar-refractivity contribution in [2.24, 2.45) is 11.8 Å². The molecule has 1 aliphatic rings. The van der Waals surface area contributed by atoms with Crippen LogP contribution < -0.4 is 10.6 Å². The number of likely N-dealkylation sites (tertiary alicyclic amines) is 1. The Kier molecular flexibility index (Phi) is 8.13. The van der Waals surface area contributed by atoms with Crippen molar-refractivity contribution in [3.05, 3.63) is 28.8 Å². The number of rotatable bonds is 6. The second-order valence-corrected chi connectivity index (χ2v) is 7.94. The average Bonchev–Trinajstić information content (AvgIpc) is 2.59. The van der Waals surface area contributed by atoms with Gasteiger partial charge in [0.2, 0.25) is 0 Å². The molecule has 1 saturated heterocycles. The lowest BCUT2D eigenvalue weighted by atomic mass is 9.92. The molecule has 1 aliphatic heterocycles. The normalized spacial score (nSPS) is 20.5. The van der Waals surface area contributed by atoms with Gasteiger partial charge in [-0.2, -0.15) is 0 Å². The molecule has 0 bridgehead atoms. The van der Waals surface area contributed by atoms with Crippen LogP contribution in [0.4, 0.5) is 5.69 Å². The third-order valence-corrected chi connectivity index (χ3v) is 5.09. The lowest BCUT2D eigenvalue weighted by Gasteiger charge is -2.35. The Bertz CT molecular complexity index is 631. The molecule has 0 unspecified atom stereocenters. The lowest BCUT2D eigenvalue weighted by molar-refractivity contribution is 0.0601. The minimum atomic E-state index is -0.409. The van der Waals surface area contributed by atoms with Crippen LogP contribution in [0.3, 0.4) is 0 Å². The molecular weight excluding hydrogens is 370 g/mol. The fourth-order valence-corrected chi connectivity index (χ4v) is 3.89. The summed E-state index contributed by atoms with van der Waals surface area (Å²) in [5, 5.41) is 7.24. The summed E-state index contributed by atoms with van der Waals surface area (Å²) in [6, 6.07) is 4.91. The number of piperidine rings is 1. The lowest BCUT2D eigenvalue weighted by Crippen LogP contribution is -2.40. The van der Waals surface area contributed by atoms with Crippen molar-refractivity contribution in [2.45, 2.75) is 26.7 Å². The van der Waals surface area contributed by atoms with Gasteiger partial charge in [-0.1, -0.05) is 25.4 Å². The van der Waals surface area contributed by atoms with E-state index < -0.39 is 5.97 Å². The van der Waals surface area contributed by atoms with Crippen LogP contribution >= 0.6 is 23.8 Å². The molecule has 26 heavy (non-hydrogen) atoms.